The van der Waals surface area contributed by atoms with Crippen molar-refractivity contribution in [3.05, 3.63) is 30.1 Å². The van der Waals surface area contributed by atoms with E-state index in [1.54, 1.807) is 18.3 Å². The third-order valence-corrected chi connectivity index (χ3v) is 3.89. The largest absolute Gasteiger partial charge is 0.351 e. The summed E-state index contributed by atoms with van der Waals surface area (Å²) in [5.74, 6) is -0.138. The van der Waals surface area contributed by atoms with Gasteiger partial charge in [-0.05, 0) is 18.6 Å². The van der Waals surface area contributed by atoms with Crippen LogP contribution in [0.2, 0.25) is 0 Å². The Morgan fingerprint density at radius 1 is 1.37 bits per heavy atom. The normalized spacial score (nSPS) is 11.2. The predicted octanol–water partition coefficient (Wildman–Crippen LogP) is 0.531. The molecule has 1 rings (SSSR count). The number of carbonyl (C=O) groups excluding carboxylic acids is 1. The minimum Gasteiger partial charge on any atom is -0.351 e. The van der Waals surface area contributed by atoms with E-state index in [4.69, 9.17) is 0 Å². The fourth-order valence-electron chi connectivity index (χ4n) is 1.39. The molecule has 7 heteroatoms. The predicted molar refractivity (Wildman–Crippen MR) is 73.3 cm³/mol. The lowest BCUT2D eigenvalue weighted by molar-refractivity contribution is 0.0954. The van der Waals surface area contributed by atoms with Gasteiger partial charge in [-0.1, -0.05) is 13.3 Å². The molecule has 0 spiro atoms. The third-order valence-electron chi connectivity index (χ3n) is 2.42. The Kier molecular flexibility index (Phi) is 6.44. The molecule has 6 nitrogen and oxygen atoms in total. The third kappa shape index (κ3) is 6.30. The second kappa shape index (κ2) is 7.85. The van der Waals surface area contributed by atoms with E-state index in [0.29, 0.717) is 12.0 Å². The molecule has 1 aromatic heterocycles. The van der Waals surface area contributed by atoms with Gasteiger partial charge in [0.1, 0.15) is 0 Å². The first-order valence-electron chi connectivity index (χ1n) is 6.20. The highest BCUT2D eigenvalue weighted by molar-refractivity contribution is 7.89. The van der Waals surface area contributed by atoms with Gasteiger partial charge in [-0.15, -0.1) is 0 Å². The molecule has 1 aromatic rings. The summed E-state index contributed by atoms with van der Waals surface area (Å²) < 4.78 is 25.4. The van der Waals surface area contributed by atoms with Crippen LogP contribution >= 0.6 is 0 Å². The van der Waals surface area contributed by atoms with Gasteiger partial charge in [0.05, 0.1) is 11.3 Å². The van der Waals surface area contributed by atoms with Crippen molar-refractivity contribution >= 4 is 15.9 Å². The van der Waals surface area contributed by atoms with E-state index in [0.717, 1.165) is 6.42 Å². The molecule has 1 amide bonds. The van der Waals surface area contributed by atoms with Crippen molar-refractivity contribution in [3.63, 3.8) is 0 Å². The standard InChI is InChI=1S/C12H19N3O3S/c1-2-3-9-19(17,18)15-8-7-14-12(16)11-5-4-6-13-10-11/h4-6,10,15H,2-3,7-9H2,1H3,(H,14,16). The molecule has 0 aliphatic heterocycles. The molecule has 1 heterocycles. The molecule has 0 bridgehead atoms. The molecular weight excluding hydrogens is 266 g/mol. The number of hydrogen-bond donors (Lipinski definition) is 2. The highest BCUT2D eigenvalue weighted by atomic mass is 32.2. The van der Waals surface area contributed by atoms with Crippen molar-refractivity contribution in [1.29, 1.82) is 0 Å². The number of nitrogens with one attached hydrogen (secondary N) is 2. The zero-order valence-electron chi connectivity index (χ0n) is 10.9. The van der Waals surface area contributed by atoms with Gasteiger partial charge in [-0.25, -0.2) is 13.1 Å². The van der Waals surface area contributed by atoms with Crippen LogP contribution < -0.4 is 10.0 Å². The molecule has 0 saturated heterocycles. The summed E-state index contributed by atoms with van der Waals surface area (Å²) in [6.45, 7) is 2.38. The first-order valence-corrected chi connectivity index (χ1v) is 7.86. The quantitative estimate of drug-likeness (QED) is 0.682. The van der Waals surface area contributed by atoms with E-state index in [2.05, 4.69) is 15.0 Å². The molecule has 0 unspecified atom stereocenters. The van der Waals surface area contributed by atoms with Crippen LogP contribution in [0.3, 0.4) is 0 Å². The molecule has 0 atom stereocenters. The second-order valence-corrected chi connectivity index (χ2v) is 5.99. The summed E-state index contributed by atoms with van der Waals surface area (Å²) in [6.07, 6.45) is 4.51. The van der Waals surface area contributed by atoms with Crippen LogP contribution in [0.4, 0.5) is 0 Å². The van der Waals surface area contributed by atoms with Gasteiger partial charge in [-0.3, -0.25) is 9.78 Å². The molecule has 2 N–H and O–H groups in total. The summed E-state index contributed by atoms with van der Waals surface area (Å²) in [5.41, 5.74) is 0.455. The first-order chi connectivity index (χ1) is 9.05. The van der Waals surface area contributed by atoms with Gasteiger partial charge in [0.25, 0.3) is 5.91 Å². The van der Waals surface area contributed by atoms with E-state index in [-0.39, 0.29) is 24.7 Å². The molecule has 0 fully saturated rings. The fourth-order valence-corrected chi connectivity index (χ4v) is 2.61. The van der Waals surface area contributed by atoms with Crippen LogP contribution in [0, 0.1) is 0 Å². The molecular formula is C12H19N3O3S. The zero-order valence-corrected chi connectivity index (χ0v) is 11.7. The summed E-state index contributed by atoms with van der Waals surface area (Å²) in [5, 5.41) is 2.62. The van der Waals surface area contributed by atoms with Crippen molar-refractivity contribution < 1.29 is 13.2 Å². The number of sulfonamides is 1. The topological polar surface area (TPSA) is 88.2 Å². The van der Waals surface area contributed by atoms with E-state index in [1.807, 2.05) is 6.92 Å². The Labute approximate surface area is 113 Å². The van der Waals surface area contributed by atoms with Crippen molar-refractivity contribution in [2.75, 3.05) is 18.8 Å². The molecule has 0 aliphatic carbocycles. The highest BCUT2D eigenvalue weighted by Gasteiger charge is 2.09. The number of unbranched alkanes of at least 4 members (excludes halogenated alkanes) is 1. The Bertz CT molecular complexity index is 488. The highest BCUT2D eigenvalue weighted by Crippen LogP contribution is 1.95. The maximum atomic E-state index is 11.6. The van der Waals surface area contributed by atoms with Gasteiger partial charge >= 0.3 is 0 Å². The lowest BCUT2D eigenvalue weighted by Crippen LogP contribution is -2.35. The maximum absolute atomic E-state index is 11.6. The van der Waals surface area contributed by atoms with Crippen LogP contribution in [0.15, 0.2) is 24.5 Å². The molecule has 0 radical (unpaired) electrons. The van der Waals surface area contributed by atoms with Crippen molar-refractivity contribution in [3.8, 4) is 0 Å². The van der Waals surface area contributed by atoms with Crippen LogP contribution in [0.5, 0.6) is 0 Å². The summed E-state index contributed by atoms with van der Waals surface area (Å²) in [4.78, 5) is 15.4. The fraction of sp³-hybridized carbons (Fsp3) is 0.500. The summed E-state index contributed by atoms with van der Waals surface area (Å²) >= 11 is 0. The van der Waals surface area contributed by atoms with E-state index in [9.17, 15) is 13.2 Å². The summed E-state index contributed by atoms with van der Waals surface area (Å²) in [7, 11) is -3.22. The van der Waals surface area contributed by atoms with Crippen molar-refractivity contribution in [2.24, 2.45) is 0 Å². The number of carbonyl (C=O) groups is 1. The lowest BCUT2D eigenvalue weighted by atomic mass is 10.3. The van der Waals surface area contributed by atoms with Crippen LogP contribution in [-0.4, -0.2) is 38.2 Å². The molecule has 106 valence electrons. The number of rotatable bonds is 8. The van der Waals surface area contributed by atoms with E-state index < -0.39 is 10.0 Å². The maximum Gasteiger partial charge on any atom is 0.252 e. The number of amides is 1. The molecule has 0 saturated carbocycles. The van der Waals surface area contributed by atoms with Gasteiger partial charge < -0.3 is 5.32 Å². The van der Waals surface area contributed by atoms with Crippen molar-refractivity contribution in [1.82, 2.24) is 15.0 Å². The monoisotopic (exact) mass is 285 g/mol. The van der Waals surface area contributed by atoms with Crippen molar-refractivity contribution in [2.45, 2.75) is 19.8 Å². The minimum atomic E-state index is -3.22. The number of hydrogen-bond acceptors (Lipinski definition) is 4. The Morgan fingerprint density at radius 2 is 2.16 bits per heavy atom. The Hall–Kier alpha value is -1.47. The Balaban J connectivity index is 2.26. The molecule has 0 aliphatic rings. The average Bonchev–Trinajstić information content (AvgIpc) is 2.42. The van der Waals surface area contributed by atoms with E-state index in [1.165, 1.54) is 6.20 Å². The minimum absolute atomic E-state index is 0.125. The van der Waals surface area contributed by atoms with Gasteiger partial charge in [0.15, 0.2) is 0 Å². The number of pyridine rings is 1. The van der Waals surface area contributed by atoms with Crippen LogP contribution in [0.1, 0.15) is 30.1 Å². The smallest absolute Gasteiger partial charge is 0.252 e. The zero-order chi connectivity index (χ0) is 14.1. The van der Waals surface area contributed by atoms with E-state index >= 15 is 0 Å². The van der Waals surface area contributed by atoms with Crippen LogP contribution in [-0.2, 0) is 10.0 Å². The Morgan fingerprint density at radius 3 is 2.79 bits per heavy atom. The molecule has 19 heavy (non-hydrogen) atoms. The van der Waals surface area contributed by atoms with Gasteiger partial charge in [0.2, 0.25) is 10.0 Å². The van der Waals surface area contributed by atoms with Gasteiger partial charge in [0, 0.05) is 25.5 Å². The summed E-state index contributed by atoms with van der Waals surface area (Å²) in [6, 6.07) is 3.32. The molecule has 0 aromatic carbocycles. The SMILES string of the molecule is CCCCS(=O)(=O)NCCNC(=O)c1cccnc1. The number of aromatic nitrogens is 1. The average molecular weight is 285 g/mol. The van der Waals surface area contributed by atoms with Gasteiger partial charge in [-0.2, -0.15) is 0 Å². The number of nitrogens with zero attached hydrogens (tertiary/aromatic N) is 1. The second-order valence-electron chi connectivity index (χ2n) is 4.06. The first kappa shape index (κ1) is 15.6. The lowest BCUT2D eigenvalue weighted by Gasteiger charge is -2.07. The van der Waals surface area contributed by atoms with Crippen LogP contribution in [0.25, 0.3) is 0 Å².